The number of rotatable bonds is 5. The molecule has 0 unspecified atom stereocenters. The second kappa shape index (κ2) is 13.7. The molecule has 0 spiro atoms. The number of hydrogen-bond donors (Lipinski definition) is 1. The van der Waals surface area contributed by atoms with Gasteiger partial charge in [-0.05, 0) is 52.3 Å². The van der Waals surface area contributed by atoms with E-state index in [1.807, 2.05) is 43.9 Å². The molecular weight excluding hydrogens is 474 g/mol. The number of amides is 1. The Kier molecular flexibility index (Phi) is 10.4. The molecule has 3 heterocycles. The van der Waals surface area contributed by atoms with E-state index in [1.54, 1.807) is 0 Å². The number of aryl methyl sites for hydroxylation is 3. The lowest BCUT2D eigenvalue weighted by molar-refractivity contribution is -0.130. The summed E-state index contributed by atoms with van der Waals surface area (Å²) in [6, 6.07) is 17.2. The van der Waals surface area contributed by atoms with Gasteiger partial charge >= 0.3 is 0 Å². The van der Waals surface area contributed by atoms with Gasteiger partial charge in [-0.15, -0.1) is 0 Å². The van der Waals surface area contributed by atoms with Crippen molar-refractivity contribution in [1.82, 2.24) is 29.9 Å². The quantitative estimate of drug-likeness (QED) is 0.377. The van der Waals surface area contributed by atoms with Crippen LogP contribution in [-0.2, 0) is 17.6 Å². The number of carbonyl (C=O) groups is 1. The Bertz CT molecular complexity index is 1280. The first-order valence-corrected chi connectivity index (χ1v) is 13.8. The van der Waals surface area contributed by atoms with Gasteiger partial charge in [0.15, 0.2) is 5.82 Å². The number of carbonyl (C=O) groups excluding carboxylic acids is 1. The zero-order valence-electron chi connectivity index (χ0n) is 24.0. The van der Waals surface area contributed by atoms with E-state index in [0.717, 1.165) is 31.0 Å². The number of fused-ring (bicyclic) bond motifs is 1. The molecule has 1 fully saturated rings. The van der Waals surface area contributed by atoms with E-state index in [9.17, 15) is 4.79 Å². The summed E-state index contributed by atoms with van der Waals surface area (Å²) in [4.78, 5) is 21.0. The van der Waals surface area contributed by atoms with Crippen LogP contribution in [0.4, 0.5) is 5.69 Å². The largest absolute Gasteiger partial charge is 0.368 e. The molecule has 1 aliphatic rings. The predicted octanol–water partition coefficient (Wildman–Crippen LogP) is 5.52. The molecule has 1 saturated heterocycles. The molecule has 2 aromatic carbocycles. The first-order valence-electron chi connectivity index (χ1n) is 13.8. The summed E-state index contributed by atoms with van der Waals surface area (Å²) in [7, 11) is 0. The van der Waals surface area contributed by atoms with Crippen molar-refractivity contribution in [2.45, 2.75) is 67.3 Å². The molecule has 0 radical (unpaired) electrons. The summed E-state index contributed by atoms with van der Waals surface area (Å²) in [5.74, 6) is 1.39. The monoisotopic (exact) mass is 517 g/mol. The van der Waals surface area contributed by atoms with Crippen LogP contribution in [0.25, 0.3) is 10.9 Å². The molecule has 0 saturated carbocycles. The van der Waals surface area contributed by atoms with Crippen molar-refractivity contribution in [1.29, 1.82) is 0 Å². The first-order chi connectivity index (χ1) is 18.4. The average Bonchev–Trinajstić information content (AvgIpc) is 3.53. The van der Waals surface area contributed by atoms with Crippen LogP contribution in [0, 0.1) is 13.8 Å². The van der Waals surface area contributed by atoms with Gasteiger partial charge in [0, 0.05) is 43.3 Å². The molecule has 0 bridgehead atoms. The molecular formula is C30H43N7O. The van der Waals surface area contributed by atoms with Crippen LogP contribution < -0.4 is 4.90 Å². The third-order valence-electron chi connectivity index (χ3n) is 6.48. The highest BCUT2D eigenvalue weighted by Gasteiger charge is 2.23. The van der Waals surface area contributed by atoms with Crippen LogP contribution in [0.3, 0.4) is 0 Å². The Hall–Kier alpha value is -3.68. The molecule has 0 aliphatic carbocycles. The van der Waals surface area contributed by atoms with Gasteiger partial charge in [0.05, 0.1) is 17.6 Å². The molecule has 8 nitrogen and oxygen atoms in total. The second-order valence-corrected chi connectivity index (χ2v) is 9.58. The fraction of sp³-hybridized carbons (Fsp3) is 0.467. The molecule has 0 atom stereocenters. The molecule has 8 heteroatoms. The number of piperazine rings is 1. The summed E-state index contributed by atoms with van der Waals surface area (Å²) >= 11 is 0. The number of hydrogen-bond acceptors (Lipinski definition) is 5. The van der Waals surface area contributed by atoms with E-state index in [2.05, 4.69) is 82.8 Å². The van der Waals surface area contributed by atoms with Gasteiger partial charge in [0.2, 0.25) is 5.91 Å². The zero-order valence-corrected chi connectivity index (χ0v) is 24.0. The SMILES string of the molecule is CC.CCc1nn(C(C)C)c2cc(N3CCN(C(=O)Cc4n[nH]c(C)n4)CC3)ccc12.Cc1ccccc1. The van der Waals surface area contributed by atoms with Gasteiger partial charge < -0.3 is 9.80 Å². The topological polar surface area (TPSA) is 82.9 Å². The Labute approximate surface area is 227 Å². The maximum absolute atomic E-state index is 12.6. The van der Waals surface area contributed by atoms with Crippen molar-refractivity contribution in [2.75, 3.05) is 31.1 Å². The van der Waals surface area contributed by atoms with Gasteiger partial charge in [0.1, 0.15) is 5.82 Å². The van der Waals surface area contributed by atoms with Gasteiger partial charge in [-0.1, -0.05) is 56.7 Å². The summed E-state index contributed by atoms with van der Waals surface area (Å²) < 4.78 is 2.12. The van der Waals surface area contributed by atoms with E-state index in [4.69, 9.17) is 5.10 Å². The van der Waals surface area contributed by atoms with E-state index in [0.29, 0.717) is 25.0 Å². The highest BCUT2D eigenvalue weighted by atomic mass is 16.2. The fourth-order valence-electron chi connectivity index (χ4n) is 4.51. The van der Waals surface area contributed by atoms with Crippen molar-refractivity contribution in [3.05, 3.63) is 71.4 Å². The number of nitrogens with zero attached hydrogens (tertiary/aromatic N) is 6. The van der Waals surface area contributed by atoms with E-state index in [-0.39, 0.29) is 12.3 Å². The number of benzene rings is 2. The molecule has 2 aromatic heterocycles. The number of anilines is 1. The van der Waals surface area contributed by atoms with E-state index in [1.165, 1.54) is 22.2 Å². The molecule has 1 N–H and O–H groups in total. The Morgan fingerprint density at radius 1 is 1.00 bits per heavy atom. The van der Waals surface area contributed by atoms with Crippen LogP contribution in [0.15, 0.2) is 48.5 Å². The molecule has 1 amide bonds. The van der Waals surface area contributed by atoms with Gasteiger partial charge in [0.25, 0.3) is 0 Å². The lowest BCUT2D eigenvalue weighted by Gasteiger charge is -2.36. The standard InChI is InChI=1S/C21H29N7O.C7H8.C2H6/c1-5-18-17-7-6-16(12-19(17)28(25-18)14(2)3)26-8-10-27(11-9-26)21(29)13-20-22-15(4)23-24-20;1-7-5-3-2-4-6-7;1-2/h6-7,12,14H,5,8-11,13H2,1-4H3,(H,22,23,24);2-6H,1H3;1-2H3. The number of aromatic amines is 1. The van der Waals surface area contributed by atoms with Crippen LogP contribution in [0.5, 0.6) is 0 Å². The maximum atomic E-state index is 12.6. The maximum Gasteiger partial charge on any atom is 0.230 e. The van der Waals surface area contributed by atoms with Crippen molar-refractivity contribution in [2.24, 2.45) is 0 Å². The van der Waals surface area contributed by atoms with Crippen molar-refractivity contribution in [3.8, 4) is 0 Å². The summed E-state index contributed by atoms with van der Waals surface area (Å²) in [5, 5.41) is 12.9. The van der Waals surface area contributed by atoms with Crippen molar-refractivity contribution < 1.29 is 4.79 Å². The van der Waals surface area contributed by atoms with Crippen LogP contribution in [0.1, 0.15) is 63.6 Å². The lowest BCUT2D eigenvalue weighted by atomic mass is 10.1. The summed E-state index contributed by atoms with van der Waals surface area (Å²) in [5.41, 5.74) is 4.85. The van der Waals surface area contributed by atoms with Gasteiger partial charge in [-0.25, -0.2) is 4.98 Å². The second-order valence-electron chi connectivity index (χ2n) is 9.58. The third kappa shape index (κ3) is 7.21. The molecule has 1 aliphatic heterocycles. The smallest absolute Gasteiger partial charge is 0.230 e. The minimum absolute atomic E-state index is 0.0876. The van der Waals surface area contributed by atoms with Crippen molar-refractivity contribution >= 4 is 22.5 Å². The summed E-state index contributed by atoms with van der Waals surface area (Å²) in [6.45, 7) is 17.5. The Balaban J connectivity index is 0.000000381. The van der Waals surface area contributed by atoms with E-state index >= 15 is 0 Å². The van der Waals surface area contributed by atoms with Crippen LogP contribution in [0.2, 0.25) is 0 Å². The van der Waals surface area contributed by atoms with E-state index < -0.39 is 0 Å². The molecule has 4 aromatic rings. The highest BCUT2D eigenvalue weighted by Crippen LogP contribution is 2.28. The molecule has 5 rings (SSSR count). The molecule has 204 valence electrons. The molecule has 38 heavy (non-hydrogen) atoms. The third-order valence-corrected chi connectivity index (χ3v) is 6.48. The summed E-state index contributed by atoms with van der Waals surface area (Å²) in [6.07, 6.45) is 1.18. The predicted molar refractivity (Wildman–Crippen MR) is 156 cm³/mol. The minimum Gasteiger partial charge on any atom is -0.368 e. The number of nitrogens with one attached hydrogen (secondary N) is 1. The number of aromatic nitrogens is 5. The fourth-order valence-corrected chi connectivity index (χ4v) is 4.51. The van der Waals surface area contributed by atoms with Crippen LogP contribution >= 0.6 is 0 Å². The Morgan fingerprint density at radius 3 is 2.21 bits per heavy atom. The minimum atomic E-state index is 0.0876. The zero-order chi connectivity index (χ0) is 27.7. The Morgan fingerprint density at radius 2 is 1.68 bits per heavy atom. The highest BCUT2D eigenvalue weighted by molar-refractivity contribution is 5.86. The normalized spacial score (nSPS) is 13.2. The van der Waals surface area contributed by atoms with Crippen molar-refractivity contribution in [3.63, 3.8) is 0 Å². The van der Waals surface area contributed by atoms with Gasteiger partial charge in [-0.2, -0.15) is 10.2 Å². The average molecular weight is 518 g/mol. The first kappa shape index (κ1) is 28.9. The number of H-pyrrole nitrogens is 1. The van der Waals surface area contributed by atoms with Gasteiger partial charge in [-0.3, -0.25) is 14.6 Å². The lowest BCUT2D eigenvalue weighted by Crippen LogP contribution is -2.49. The van der Waals surface area contributed by atoms with Crippen LogP contribution in [-0.4, -0.2) is 61.9 Å².